The summed E-state index contributed by atoms with van der Waals surface area (Å²) in [6, 6.07) is 0. The van der Waals surface area contributed by atoms with E-state index in [2.05, 4.69) is 20.8 Å². The van der Waals surface area contributed by atoms with Crippen LogP contribution < -0.4 is 0 Å². The molecular formula is C15H22O8. The van der Waals surface area contributed by atoms with Crippen LogP contribution in [-0.4, -0.2) is 51.8 Å². The molecule has 0 atom stereocenters. The van der Waals surface area contributed by atoms with E-state index in [1.807, 2.05) is 6.92 Å². The number of methoxy groups -OCH3 is 3. The molecule has 0 spiro atoms. The molecule has 0 bridgehead atoms. The fourth-order valence-electron chi connectivity index (χ4n) is 1.79. The van der Waals surface area contributed by atoms with E-state index in [1.165, 1.54) is 0 Å². The molecule has 23 heavy (non-hydrogen) atoms. The van der Waals surface area contributed by atoms with Crippen LogP contribution in [0.5, 0.6) is 0 Å². The smallest absolute Gasteiger partial charge is 0.335 e. The Morgan fingerprint density at radius 1 is 0.913 bits per heavy atom. The van der Waals surface area contributed by atoms with Gasteiger partial charge in [0.05, 0.1) is 27.9 Å². The third-order valence-corrected chi connectivity index (χ3v) is 3.10. The Balaban J connectivity index is 5.49. The van der Waals surface area contributed by atoms with Gasteiger partial charge in [0, 0.05) is 12.0 Å². The van der Waals surface area contributed by atoms with Crippen LogP contribution in [0.3, 0.4) is 0 Å². The Hall–Kier alpha value is -2.38. The van der Waals surface area contributed by atoms with Crippen LogP contribution in [0.15, 0.2) is 12.2 Å². The normalized spacial score (nSPS) is 10.4. The van der Waals surface area contributed by atoms with Crippen LogP contribution in [0.4, 0.5) is 0 Å². The number of rotatable bonds is 9. The molecule has 0 saturated heterocycles. The molecule has 0 heterocycles. The summed E-state index contributed by atoms with van der Waals surface area (Å²) >= 11 is 0. The number of unbranched alkanes of at least 4 members (excludes halogenated alkanes) is 1. The Kier molecular flexibility index (Phi) is 8.61. The standard InChI is InChI=1S/C15H22O8/c1-6-7-8-23-11(16)10(2)9-15(12(17)20-3,13(18)21-4)14(19)22-5/h2,6-9H2,1,3-5H3. The second kappa shape index (κ2) is 9.60. The third-order valence-electron chi connectivity index (χ3n) is 3.10. The highest BCUT2D eigenvalue weighted by atomic mass is 16.6. The molecule has 0 rings (SSSR count). The molecule has 0 radical (unpaired) electrons. The number of esters is 4. The molecule has 0 unspecified atom stereocenters. The van der Waals surface area contributed by atoms with Gasteiger partial charge in [0.2, 0.25) is 0 Å². The Labute approximate surface area is 134 Å². The zero-order valence-corrected chi connectivity index (χ0v) is 13.8. The number of hydrogen-bond donors (Lipinski definition) is 0. The van der Waals surface area contributed by atoms with Gasteiger partial charge in [0.15, 0.2) is 0 Å². The lowest BCUT2D eigenvalue weighted by atomic mass is 9.81. The highest BCUT2D eigenvalue weighted by Gasteiger charge is 2.57. The summed E-state index contributed by atoms with van der Waals surface area (Å²) in [4.78, 5) is 48.0. The van der Waals surface area contributed by atoms with Gasteiger partial charge in [-0.3, -0.25) is 14.4 Å². The minimum Gasteiger partial charge on any atom is -0.468 e. The van der Waals surface area contributed by atoms with E-state index in [1.54, 1.807) is 0 Å². The van der Waals surface area contributed by atoms with E-state index in [-0.39, 0.29) is 12.2 Å². The highest BCUT2D eigenvalue weighted by molar-refractivity contribution is 6.18. The molecule has 0 N–H and O–H groups in total. The summed E-state index contributed by atoms with van der Waals surface area (Å²) in [6.45, 7) is 5.55. The van der Waals surface area contributed by atoms with Crippen molar-refractivity contribution < 1.29 is 38.1 Å². The minimum absolute atomic E-state index is 0.163. The first-order valence-corrected chi connectivity index (χ1v) is 6.91. The van der Waals surface area contributed by atoms with E-state index in [4.69, 9.17) is 4.74 Å². The summed E-state index contributed by atoms with van der Waals surface area (Å²) < 4.78 is 18.5. The average Bonchev–Trinajstić information content (AvgIpc) is 2.57. The van der Waals surface area contributed by atoms with E-state index >= 15 is 0 Å². The molecule has 0 fully saturated rings. The molecule has 8 nitrogen and oxygen atoms in total. The summed E-state index contributed by atoms with van der Waals surface area (Å²) in [6.07, 6.45) is 0.801. The fourth-order valence-corrected chi connectivity index (χ4v) is 1.79. The Morgan fingerprint density at radius 3 is 1.70 bits per heavy atom. The predicted molar refractivity (Wildman–Crippen MR) is 78.1 cm³/mol. The third kappa shape index (κ3) is 4.80. The first-order chi connectivity index (χ1) is 10.8. The molecule has 130 valence electrons. The zero-order valence-electron chi connectivity index (χ0n) is 13.8. The second-order valence-corrected chi connectivity index (χ2v) is 4.65. The quantitative estimate of drug-likeness (QED) is 0.201. The second-order valence-electron chi connectivity index (χ2n) is 4.65. The largest absolute Gasteiger partial charge is 0.468 e. The molecule has 0 aliphatic carbocycles. The molecule has 0 aromatic heterocycles. The van der Waals surface area contributed by atoms with Gasteiger partial charge in [-0.15, -0.1) is 0 Å². The van der Waals surface area contributed by atoms with Gasteiger partial charge < -0.3 is 18.9 Å². The van der Waals surface area contributed by atoms with E-state index in [0.29, 0.717) is 6.42 Å². The maximum absolute atomic E-state index is 12.0. The van der Waals surface area contributed by atoms with Gasteiger partial charge in [-0.25, -0.2) is 4.79 Å². The summed E-state index contributed by atoms with van der Waals surface area (Å²) in [7, 11) is 2.97. The number of ether oxygens (including phenoxy) is 4. The van der Waals surface area contributed by atoms with Crippen LogP contribution in [0.1, 0.15) is 26.2 Å². The van der Waals surface area contributed by atoms with Crippen LogP contribution in [0.25, 0.3) is 0 Å². The zero-order chi connectivity index (χ0) is 18.0. The Bertz CT molecular complexity index is 439. The molecule has 0 aliphatic heterocycles. The van der Waals surface area contributed by atoms with Gasteiger partial charge in [-0.1, -0.05) is 19.9 Å². The van der Waals surface area contributed by atoms with Crippen LogP contribution in [0.2, 0.25) is 0 Å². The lowest BCUT2D eigenvalue weighted by Crippen LogP contribution is -2.49. The van der Waals surface area contributed by atoms with E-state index < -0.39 is 35.7 Å². The van der Waals surface area contributed by atoms with Crippen molar-refractivity contribution >= 4 is 23.9 Å². The lowest BCUT2D eigenvalue weighted by Gasteiger charge is -2.25. The predicted octanol–water partition coefficient (Wildman–Crippen LogP) is 0.781. The van der Waals surface area contributed by atoms with Crippen LogP contribution >= 0.6 is 0 Å². The first-order valence-electron chi connectivity index (χ1n) is 6.91. The summed E-state index contributed by atoms with van der Waals surface area (Å²) in [5, 5.41) is 0. The van der Waals surface area contributed by atoms with Crippen molar-refractivity contribution in [3.63, 3.8) is 0 Å². The van der Waals surface area contributed by atoms with Crippen LogP contribution in [0, 0.1) is 5.41 Å². The number of hydrogen-bond acceptors (Lipinski definition) is 8. The SMILES string of the molecule is C=C(CC(C(=O)OC)(C(=O)OC)C(=O)OC)C(=O)OCCCC. The van der Waals surface area contributed by atoms with Gasteiger partial charge in [-0.05, 0) is 6.42 Å². The van der Waals surface area contributed by atoms with Crippen molar-refractivity contribution in [2.45, 2.75) is 26.2 Å². The molecular weight excluding hydrogens is 308 g/mol. The van der Waals surface area contributed by atoms with Crippen molar-refractivity contribution in [3.8, 4) is 0 Å². The Morgan fingerprint density at radius 2 is 1.35 bits per heavy atom. The topological polar surface area (TPSA) is 105 Å². The van der Waals surface area contributed by atoms with Crippen molar-refractivity contribution in [3.05, 3.63) is 12.2 Å². The first kappa shape index (κ1) is 20.6. The minimum atomic E-state index is -2.46. The van der Waals surface area contributed by atoms with Gasteiger partial charge in [-0.2, -0.15) is 0 Å². The molecule has 0 aromatic rings. The van der Waals surface area contributed by atoms with Gasteiger partial charge >= 0.3 is 23.9 Å². The molecule has 0 aliphatic rings. The van der Waals surface area contributed by atoms with Crippen molar-refractivity contribution in [2.24, 2.45) is 5.41 Å². The molecule has 0 amide bonds. The molecule has 0 aromatic carbocycles. The van der Waals surface area contributed by atoms with Gasteiger partial charge in [0.25, 0.3) is 5.41 Å². The summed E-state index contributed by atoms with van der Waals surface area (Å²) in [5.41, 5.74) is -2.71. The number of carbonyl (C=O) groups is 4. The van der Waals surface area contributed by atoms with E-state index in [0.717, 1.165) is 27.8 Å². The molecule has 8 heteroatoms. The fraction of sp³-hybridized carbons (Fsp3) is 0.600. The maximum atomic E-state index is 12.0. The van der Waals surface area contributed by atoms with Crippen molar-refractivity contribution in [1.82, 2.24) is 0 Å². The average molecular weight is 330 g/mol. The maximum Gasteiger partial charge on any atom is 0.335 e. The lowest BCUT2D eigenvalue weighted by molar-refractivity contribution is -0.180. The highest BCUT2D eigenvalue weighted by Crippen LogP contribution is 2.31. The van der Waals surface area contributed by atoms with Crippen LogP contribution in [-0.2, 0) is 38.1 Å². The van der Waals surface area contributed by atoms with Gasteiger partial charge in [0.1, 0.15) is 0 Å². The monoisotopic (exact) mass is 330 g/mol. The van der Waals surface area contributed by atoms with Crippen molar-refractivity contribution in [1.29, 1.82) is 0 Å². The molecule has 0 saturated carbocycles. The number of carbonyl (C=O) groups excluding carboxylic acids is 4. The summed E-state index contributed by atoms with van der Waals surface area (Å²) in [5.74, 6) is -4.45. The van der Waals surface area contributed by atoms with Crippen molar-refractivity contribution in [2.75, 3.05) is 27.9 Å². The van der Waals surface area contributed by atoms with E-state index in [9.17, 15) is 19.2 Å².